The largest absolute Gasteiger partial charge is 0.326 e. The number of benzene rings is 2. The standard InChI is InChI=1S/C19H20ClN3O3/c1-12-6-7-16(10-13(12)2)21-17(24)8-9-18(25)22-23-19(26)14-4-3-5-15(20)11-14/h3-7,10-11H,8-9H2,1-2H3,(H,21,24)(H,22,25)(H,23,26). The zero-order chi connectivity index (χ0) is 19.1. The van der Waals surface area contributed by atoms with Gasteiger partial charge < -0.3 is 5.32 Å². The van der Waals surface area contributed by atoms with Gasteiger partial charge in [-0.25, -0.2) is 0 Å². The summed E-state index contributed by atoms with van der Waals surface area (Å²) in [5.41, 5.74) is 7.78. The van der Waals surface area contributed by atoms with Crippen LogP contribution in [0.5, 0.6) is 0 Å². The number of hydrogen-bond acceptors (Lipinski definition) is 3. The lowest BCUT2D eigenvalue weighted by Gasteiger charge is -2.09. The molecule has 7 heteroatoms. The van der Waals surface area contributed by atoms with Crippen molar-refractivity contribution in [3.63, 3.8) is 0 Å². The maximum atomic E-state index is 11.9. The molecule has 0 fully saturated rings. The van der Waals surface area contributed by atoms with E-state index in [4.69, 9.17) is 11.6 Å². The van der Waals surface area contributed by atoms with Crippen molar-refractivity contribution < 1.29 is 14.4 Å². The second kappa shape index (κ2) is 9.01. The number of carbonyl (C=O) groups excluding carboxylic acids is 3. The highest BCUT2D eigenvalue weighted by Gasteiger charge is 2.10. The van der Waals surface area contributed by atoms with Gasteiger partial charge >= 0.3 is 0 Å². The lowest BCUT2D eigenvalue weighted by Crippen LogP contribution is -2.41. The number of anilines is 1. The average Bonchev–Trinajstić information content (AvgIpc) is 2.61. The van der Waals surface area contributed by atoms with E-state index in [1.165, 1.54) is 6.07 Å². The van der Waals surface area contributed by atoms with Crippen molar-refractivity contribution in [3.05, 3.63) is 64.2 Å². The third-order valence-corrected chi connectivity index (χ3v) is 4.01. The van der Waals surface area contributed by atoms with Gasteiger partial charge in [0.1, 0.15) is 0 Å². The van der Waals surface area contributed by atoms with E-state index in [-0.39, 0.29) is 18.7 Å². The van der Waals surface area contributed by atoms with Crippen LogP contribution in [0.3, 0.4) is 0 Å². The first-order chi connectivity index (χ1) is 12.3. The zero-order valence-electron chi connectivity index (χ0n) is 14.6. The number of rotatable bonds is 5. The highest BCUT2D eigenvalue weighted by molar-refractivity contribution is 6.30. The maximum absolute atomic E-state index is 11.9. The Morgan fingerprint density at radius 2 is 1.62 bits per heavy atom. The summed E-state index contributed by atoms with van der Waals surface area (Å²) in [6.07, 6.45) is -0.0434. The van der Waals surface area contributed by atoms with E-state index in [2.05, 4.69) is 16.2 Å². The fraction of sp³-hybridized carbons (Fsp3) is 0.211. The SMILES string of the molecule is Cc1ccc(NC(=O)CCC(=O)NNC(=O)c2cccc(Cl)c2)cc1C. The van der Waals surface area contributed by atoms with E-state index < -0.39 is 11.8 Å². The van der Waals surface area contributed by atoms with Gasteiger partial charge in [-0.05, 0) is 55.3 Å². The molecule has 0 saturated heterocycles. The lowest BCUT2D eigenvalue weighted by molar-refractivity contribution is -0.124. The molecule has 0 unspecified atom stereocenters. The first-order valence-corrected chi connectivity index (χ1v) is 8.45. The Bertz CT molecular complexity index is 837. The number of nitrogens with one attached hydrogen (secondary N) is 3. The summed E-state index contributed by atoms with van der Waals surface area (Å²) in [6.45, 7) is 3.95. The Morgan fingerprint density at radius 3 is 2.31 bits per heavy atom. The van der Waals surface area contributed by atoms with Gasteiger partial charge in [0.25, 0.3) is 5.91 Å². The summed E-state index contributed by atoms with van der Waals surface area (Å²) in [7, 11) is 0. The Balaban J connectivity index is 1.74. The van der Waals surface area contributed by atoms with Gasteiger partial charge in [-0.15, -0.1) is 0 Å². The normalized spacial score (nSPS) is 10.1. The van der Waals surface area contributed by atoms with Gasteiger partial charge in [0.15, 0.2) is 0 Å². The first-order valence-electron chi connectivity index (χ1n) is 8.07. The van der Waals surface area contributed by atoms with Gasteiger partial charge in [0.05, 0.1) is 0 Å². The van der Waals surface area contributed by atoms with Crippen molar-refractivity contribution in [3.8, 4) is 0 Å². The van der Waals surface area contributed by atoms with Crippen LogP contribution < -0.4 is 16.2 Å². The summed E-state index contributed by atoms with van der Waals surface area (Å²) in [4.78, 5) is 35.6. The van der Waals surface area contributed by atoms with Crippen LogP contribution in [0.4, 0.5) is 5.69 Å². The molecule has 2 rings (SSSR count). The fourth-order valence-electron chi connectivity index (χ4n) is 2.16. The summed E-state index contributed by atoms with van der Waals surface area (Å²) in [5, 5.41) is 3.16. The molecule has 0 aliphatic rings. The Morgan fingerprint density at radius 1 is 0.885 bits per heavy atom. The minimum Gasteiger partial charge on any atom is -0.326 e. The second-order valence-corrected chi connectivity index (χ2v) is 6.30. The molecule has 6 nitrogen and oxygen atoms in total. The summed E-state index contributed by atoms with van der Waals surface area (Å²) in [5.74, 6) is -1.22. The third kappa shape index (κ3) is 5.89. The molecule has 2 aromatic carbocycles. The molecule has 3 amide bonds. The number of aryl methyl sites for hydroxylation is 2. The van der Waals surface area contributed by atoms with Crippen molar-refractivity contribution in [1.82, 2.24) is 10.9 Å². The summed E-state index contributed by atoms with van der Waals surface area (Å²) < 4.78 is 0. The minimum absolute atomic E-state index is 0.00575. The van der Waals surface area contributed by atoms with Crippen molar-refractivity contribution in [2.24, 2.45) is 0 Å². The first kappa shape index (κ1) is 19.5. The number of amides is 3. The average molecular weight is 374 g/mol. The monoisotopic (exact) mass is 373 g/mol. The van der Waals surface area contributed by atoms with Gasteiger partial charge in [0.2, 0.25) is 11.8 Å². The molecule has 0 spiro atoms. The Labute approximate surface area is 156 Å². The number of hydrazine groups is 1. The Kier molecular flexibility index (Phi) is 6.74. The predicted octanol–water partition coefficient (Wildman–Crippen LogP) is 3.14. The van der Waals surface area contributed by atoms with Crippen LogP contribution in [0.15, 0.2) is 42.5 Å². The van der Waals surface area contributed by atoms with Crippen LogP contribution >= 0.6 is 11.6 Å². The third-order valence-electron chi connectivity index (χ3n) is 3.77. The van der Waals surface area contributed by atoms with Crippen LogP contribution in [-0.4, -0.2) is 17.7 Å². The van der Waals surface area contributed by atoms with Crippen molar-refractivity contribution >= 4 is 35.0 Å². The van der Waals surface area contributed by atoms with Gasteiger partial charge in [0, 0.05) is 29.1 Å². The molecule has 3 N–H and O–H groups in total. The quantitative estimate of drug-likeness (QED) is 0.703. The number of hydrogen-bond donors (Lipinski definition) is 3. The molecule has 0 aromatic heterocycles. The van der Waals surface area contributed by atoms with E-state index in [9.17, 15) is 14.4 Å². The molecular formula is C19H20ClN3O3. The van der Waals surface area contributed by atoms with Crippen molar-refractivity contribution in [2.45, 2.75) is 26.7 Å². The topological polar surface area (TPSA) is 87.3 Å². The molecule has 0 radical (unpaired) electrons. The maximum Gasteiger partial charge on any atom is 0.269 e. The molecule has 0 heterocycles. The number of carbonyl (C=O) groups is 3. The molecule has 0 aliphatic heterocycles. The predicted molar refractivity (Wildman–Crippen MR) is 101 cm³/mol. The van der Waals surface area contributed by atoms with E-state index >= 15 is 0 Å². The fourth-order valence-corrected chi connectivity index (χ4v) is 2.35. The van der Waals surface area contributed by atoms with Gasteiger partial charge in [-0.1, -0.05) is 23.7 Å². The summed E-state index contributed by atoms with van der Waals surface area (Å²) >= 11 is 5.81. The van der Waals surface area contributed by atoms with Gasteiger partial charge in [-0.3, -0.25) is 25.2 Å². The second-order valence-electron chi connectivity index (χ2n) is 5.86. The van der Waals surface area contributed by atoms with E-state index in [1.54, 1.807) is 18.2 Å². The number of halogens is 1. The highest BCUT2D eigenvalue weighted by Crippen LogP contribution is 2.14. The van der Waals surface area contributed by atoms with Crippen LogP contribution in [0.25, 0.3) is 0 Å². The van der Waals surface area contributed by atoms with Crippen LogP contribution in [0.1, 0.15) is 34.3 Å². The van der Waals surface area contributed by atoms with Crippen LogP contribution in [-0.2, 0) is 9.59 Å². The zero-order valence-corrected chi connectivity index (χ0v) is 15.3. The van der Waals surface area contributed by atoms with Crippen LogP contribution in [0.2, 0.25) is 5.02 Å². The van der Waals surface area contributed by atoms with E-state index in [0.717, 1.165) is 11.1 Å². The van der Waals surface area contributed by atoms with Crippen LogP contribution in [0, 0.1) is 13.8 Å². The van der Waals surface area contributed by atoms with Crippen molar-refractivity contribution in [2.75, 3.05) is 5.32 Å². The molecule has 2 aromatic rings. The summed E-state index contributed by atoms with van der Waals surface area (Å²) in [6, 6.07) is 11.9. The smallest absolute Gasteiger partial charge is 0.269 e. The van der Waals surface area contributed by atoms with E-state index in [0.29, 0.717) is 16.3 Å². The van der Waals surface area contributed by atoms with E-state index in [1.807, 2.05) is 32.0 Å². The highest BCUT2D eigenvalue weighted by atomic mass is 35.5. The van der Waals surface area contributed by atoms with Gasteiger partial charge in [-0.2, -0.15) is 0 Å². The minimum atomic E-state index is -0.486. The molecule has 0 atom stereocenters. The van der Waals surface area contributed by atoms with Crippen molar-refractivity contribution in [1.29, 1.82) is 0 Å². The molecule has 0 saturated carbocycles. The molecule has 0 bridgehead atoms. The Hall–Kier alpha value is -2.86. The molecule has 26 heavy (non-hydrogen) atoms. The molecule has 136 valence electrons. The lowest BCUT2D eigenvalue weighted by atomic mass is 10.1. The molecule has 0 aliphatic carbocycles. The molecular weight excluding hydrogens is 354 g/mol.